The second-order valence-corrected chi connectivity index (χ2v) is 17.0. The predicted molar refractivity (Wildman–Crippen MR) is 197 cm³/mol. The van der Waals surface area contributed by atoms with Crippen LogP contribution in [0, 0.1) is 56.9 Å². The number of nitrogens with zero attached hydrogens (tertiary/aromatic N) is 1. The van der Waals surface area contributed by atoms with Crippen LogP contribution in [0.25, 0.3) is 0 Å². The molecule has 8 heteroatoms. The molecule has 0 aliphatic heterocycles. The topological polar surface area (TPSA) is 68.2 Å². The molecule has 8 atom stereocenters. The molecule has 1 heterocycles. The minimum Gasteiger partial charge on any atom is -0.382 e. The molecule has 0 saturated heterocycles. The van der Waals surface area contributed by atoms with E-state index in [-0.39, 0.29) is 17.3 Å². The average Bonchev–Trinajstić information content (AvgIpc) is 3.43. The number of methoxy groups -OCH3 is 1. The van der Waals surface area contributed by atoms with Crippen molar-refractivity contribution in [2.45, 2.75) is 112 Å². The minimum atomic E-state index is -0.171. The van der Waals surface area contributed by atoms with Crippen molar-refractivity contribution in [1.29, 1.82) is 0 Å². The van der Waals surface area contributed by atoms with Crippen LogP contribution in [0.1, 0.15) is 111 Å². The number of carbonyl (C=O) groups excluding carboxylic acids is 1. The summed E-state index contributed by atoms with van der Waals surface area (Å²) >= 11 is 5.59. The zero-order valence-corrected chi connectivity index (χ0v) is 32.2. The van der Waals surface area contributed by atoms with Gasteiger partial charge in [0.15, 0.2) is 0 Å². The van der Waals surface area contributed by atoms with Gasteiger partial charge in [0, 0.05) is 13.3 Å². The van der Waals surface area contributed by atoms with E-state index >= 15 is 0 Å². The van der Waals surface area contributed by atoms with Gasteiger partial charge in [0.2, 0.25) is 0 Å². The van der Waals surface area contributed by atoms with Crippen LogP contribution >= 0.6 is 12.2 Å². The molecule has 7 nitrogen and oxygen atoms in total. The van der Waals surface area contributed by atoms with Crippen molar-refractivity contribution in [3.05, 3.63) is 40.2 Å². The van der Waals surface area contributed by atoms with Gasteiger partial charge in [-0.2, -0.15) is 4.73 Å². The van der Waals surface area contributed by atoms with Gasteiger partial charge < -0.3 is 23.8 Å². The quantitative estimate of drug-likeness (QED) is 0.0861. The van der Waals surface area contributed by atoms with E-state index in [1.165, 1.54) is 61.7 Å². The summed E-state index contributed by atoms with van der Waals surface area (Å²) in [5.41, 5.74) is 3.16. The van der Waals surface area contributed by atoms with Crippen LogP contribution in [0.4, 0.5) is 0 Å². The standard InChI is InChI=1S/C41H65NO6S/c1-29(2)8-7-9-30(3)35-12-13-36-34-11-10-33-27-32(14-17-40(33,4)37(34)15-18-41(35,36)5)39(43)48-42-19-16-31(26-38(42)49)28-47-25-24-46-23-22-45-21-20-44-6/h10,16,19,26,29-30,32,34-37H,7-9,11-15,17-18,20-25,27-28H2,1-6H3/t30-,32?,34+,35-,36+,37+,40+,41-/m1/s1. The summed E-state index contributed by atoms with van der Waals surface area (Å²) in [6.07, 6.45) is 18.0. The first-order valence-electron chi connectivity index (χ1n) is 19.4. The van der Waals surface area contributed by atoms with E-state index in [1.807, 2.05) is 12.1 Å². The van der Waals surface area contributed by atoms with Crippen LogP contribution < -0.4 is 4.84 Å². The van der Waals surface area contributed by atoms with Crippen molar-refractivity contribution in [2.24, 2.45) is 52.3 Å². The van der Waals surface area contributed by atoms with Crippen molar-refractivity contribution in [3.8, 4) is 0 Å². The molecule has 3 fully saturated rings. The third kappa shape index (κ3) is 9.27. The summed E-state index contributed by atoms with van der Waals surface area (Å²) in [5, 5.41) is 0. The monoisotopic (exact) mass is 699 g/mol. The van der Waals surface area contributed by atoms with Gasteiger partial charge in [-0.05, 0) is 115 Å². The number of pyridine rings is 1. The Balaban J connectivity index is 1.09. The van der Waals surface area contributed by atoms with Crippen LogP contribution in [-0.2, 0) is 30.3 Å². The maximum Gasteiger partial charge on any atom is 0.336 e. The van der Waals surface area contributed by atoms with Crippen molar-refractivity contribution in [1.82, 2.24) is 4.73 Å². The maximum absolute atomic E-state index is 13.5. The number of ether oxygens (including phenoxy) is 4. The number of allylic oxidation sites excluding steroid dienone is 2. The molecule has 5 rings (SSSR count). The lowest BCUT2D eigenvalue weighted by atomic mass is 9.46. The molecule has 0 N–H and O–H groups in total. The van der Waals surface area contributed by atoms with Crippen LogP contribution in [-0.4, -0.2) is 57.5 Å². The van der Waals surface area contributed by atoms with Gasteiger partial charge in [-0.1, -0.05) is 77.7 Å². The molecule has 3 saturated carbocycles. The summed E-state index contributed by atoms with van der Waals surface area (Å²) in [6, 6.07) is 3.73. The fourth-order valence-electron chi connectivity index (χ4n) is 10.5. The minimum absolute atomic E-state index is 0.123. The Morgan fingerprint density at radius 1 is 0.939 bits per heavy atom. The molecule has 1 aromatic heterocycles. The van der Waals surface area contributed by atoms with Gasteiger partial charge >= 0.3 is 5.97 Å². The Bertz CT molecular complexity index is 1310. The second kappa shape index (κ2) is 17.8. The lowest BCUT2D eigenvalue weighted by Crippen LogP contribution is -2.51. The summed E-state index contributed by atoms with van der Waals surface area (Å²) in [4.78, 5) is 19.3. The number of fused-ring (bicyclic) bond motifs is 5. The van der Waals surface area contributed by atoms with E-state index in [1.54, 1.807) is 13.3 Å². The number of hydrogen-bond acceptors (Lipinski definition) is 7. The Morgan fingerprint density at radius 3 is 2.39 bits per heavy atom. The Hall–Kier alpha value is -1.58. The molecule has 0 amide bonds. The molecule has 1 aromatic rings. The fourth-order valence-corrected chi connectivity index (χ4v) is 10.8. The molecular weight excluding hydrogens is 635 g/mol. The van der Waals surface area contributed by atoms with E-state index < -0.39 is 0 Å². The molecule has 1 unspecified atom stereocenters. The van der Waals surface area contributed by atoms with E-state index in [2.05, 4.69) is 40.7 Å². The molecule has 4 aliphatic carbocycles. The van der Waals surface area contributed by atoms with E-state index in [0.29, 0.717) is 56.3 Å². The molecule has 0 radical (unpaired) electrons. The maximum atomic E-state index is 13.5. The molecule has 0 bridgehead atoms. The van der Waals surface area contributed by atoms with Gasteiger partial charge in [0.1, 0.15) is 4.64 Å². The van der Waals surface area contributed by atoms with Crippen LogP contribution in [0.15, 0.2) is 30.0 Å². The van der Waals surface area contributed by atoms with Crippen LogP contribution in [0.5, 0.6) is 0 Å². The summed E-state index contributed by atoms with van der Waals surface area (Å²) in [7, 11) is 1.65. The van der Waals surface area contributed by atoms with E-state index in [9.17, 15) is 4.79 Å². The average molecular weight is 700 g/mol. The van der Waals surface area contributed by atoms with Gasteiger partial charge in [0.25, 0.3) is 0 Å². The summed E-state index contributed by atoms with van der Waals surface area (Å²) < 4.78 is 23.5. The normalized spacial score (nSPS) is 31.5. The van der Waals surface area contributed by atoms with Crippen molar-refractivity contribution in [3.63, 3.8) is 0 Å². The highest BCUT2D eigenvalue weighted by Crippen LogP contribution is 2.67. The smallest absolute Gasteiger partial charge is 0.336 e. The molecular formula is C41H65NO6S. The number of hydrogen-bond donors (Lipinski definition) is 0. The summed E-state index contributed by atoms with van der Waals surface area (Å²) in [5.74, 6) is 4.62. The SMILES string of the molecule is COCCOCCOCCOCc1ccn(OC(=O)C2CC[C@@]3(C)C(=CC[C@H]4[C@@H]5CC[C@H]([C@H](C)CCCC(C)C)[C@@]5(C)CC[C@@H]43)C2)c(=S)c1. The first-order valence-corrected chi connectivity index (χ1v) is 19.8. The number of aromatic nitrogens is 1. The third-order valence-corrected chi connectivity index (χ3v) is 13.5. The molecule has 0 aromatic carbocycles. The Kier molecular flexibility index (Phi) is 14.0. The zero-order valence-electron chi connectivity index (χ0n) is 31.4. The highest BCUT2D eigenvalue weighted by Gasteiger charge is 2.59. The highest BCUT2D eigenvalue weighted by molar-refractivity contribution is 7.71. The molecule has 49 heavy (non-hydrogen) atoms. The van der Waals surface area contributed by atoms with Gasteiger partial charge in [-0.25, -0.2) is 4.79 Å². The number of rotatable bonds is 18. The first-order chi connectivity index (χ1) is 23.6. The van der Waals surface area contributed by atoms with Crippen LogP contribution in [0.2, 0.25) is 0 Å². The first kappa shape index (κ1) is 38.6. The second-order valence-electron chi connectivity index (χ2n) is 16.6. The number of carbonyl (C=O) groups is 1. The summed E-state index contributed by atoms with van der Waals surface area (Å²) in [6.45, 7) is 16.1. The van der Waals surface area contributed by atoms with Crippen LogP contribution in [0.3, 0.4) is 0 Å². The highest BCUT2D eigenvalue weighted by atomic mass is 32.1. The molecule has 4 aliphatic rings. The van der Waals surface area contributed by atoms with Crippen molar-refractivity contribution >= 4 is 18.2 Å². The lowest BCUT2D eigenvalue weighted by Gasteiger charge is -2.58. The largest absolute Gasteiger partial charge is 0.382 e. The predicted octanol–water partition coefficient (Wildman–Crippen LogP) is 9.03. The Labute approximate surface area is 301 Å². The van der Waals surface area contributed by atoms with Crippen molar-refractivity contribution in [2.75, 3.05) is 46.8 Å². The molecule has 276 valence electrons. The van der Waals surface area contributed by atoms with Gasteiger partial charge in [0.05, 0.1) is 52.2 Å². The third-order valence-electron chi connectivity index (χ3n) is 13.2. The van der Waals surface area contributed by atoms with E-state index in [4.69, 9.17) is 36.0 Å². The fraction of sp³-hybridized carbons (Fsp3) is 0.805. The Morgan fingerprint density at radius 2 is 1.67 bits per heavy atom. The van der Waals surface area contributed by atoms with E-state index in [0.717, 1.165) is 60.3 Å². The lowest BCUT2D eigenvalue weighted by molar-refractivity contribution is -0.151. The van der Waals surface area contributed by atoms with Crippen molar-refractivity contribution < 1.29 is 28.6 Å². The molecule has 0 spiro atoms. The zero-order chi connectivity index (χ0) is 35.0. The van der Waals surface area contributed by atoms with Gasteiger partial charge in [-0.15, -0.1) is 0 Å². The van der Waals surface area contributed by atoms with Gasteiger partial charge in [-0.3, -0.25) is 0 Å².